The van der Waals surface area contributed by atoms with E-state index in [-0.39, 0.29) is 11.8 Å². The third-order valence-corrected chi connectivity index (χ3v) is 4.92. The van der Waals surface area contributed by atoms with E-state index in [0.29, 0.717) is 34.6 Å². The molecule has 134 valence electrons. The van der Waals surface area contributed by atoms with Crippen LogP contribution in [-0.2, 0) is 0 Å². The van der Waals surface area contributed by atoms with E-state index in [2.05, 4.69) is 20.1 Å². The SMILES string of the molecule is CC(c1nc(C2CC2)nn1-c1ncccn1)N1C(=O)c2ccccc2C1=O. The number of hydrogen-bond donors (Lipinski definition) is 0. The van der Waals surface area contributed by atoms with Gasteiger partial charge in [-0.1, -0.05) is 12.1 Å². The van der Waals surface area contributed by atoms with E-state index < -0.39 is 6.04 Å². The summed E-state index contributed by atoms with van der Waals surface area (Å²) in [5.74, 6) is 1.25. The fourth-order valence-electron chi connectivity index (χ4n) is 3.35. The summed E-state index contributed by atoms with van der Waals surface area (Å²) in [5.41, 5.74) is 0.831. The van der Waals surface area contributed by atoms with Crippen LogP contribution in [0.1, 0.15) is 64.1 Å². The Morgan fingerprint density at radius 1 is 1.00 bits per heavy atom. The lowest BCUT2D eigenvalue weighted by Gasteiger charge is -2.21. The quantitative estimate of drug-likeness (QED) is 0.663. The Morgan fingerprint density at radius 2 is 1.63 bits per heavy atom. The van der Waals surface area contributed by atoms with Crippen LogP contribution < -0.4 is 0 Å². The van der Waals surface area contributed by atoms with E-state index in [1.54, 1.807) is 54.3 Å². The Labute approximate surface area is 154 Å². The largest absolute Gasteiger partial charge is 0.269 e. The van der Waals surface area contributed by atoms with Gasteiger partial charge in [0.25, 0.3) is 17.8 Å². The van der Waals surface area contributed by atoms with Gasteiger partial charge in [0.15, 0.2) is 11.6 Å². The Morgan fingerprint density at radius 3 is 2.22 bits per heavy atom. The van der Waals surface area contributed by atoms with Crippen molar-refractivity contribution in [3.05, 3.63) is 65.5 Å². The number of benzene rings is 1. The lowest BCUT2D eigenvalue weighted by molar-refractivity contribution is 0.0587. The van der Waals surface area contributed by atoms with Gasteiger partial charge >= 0.3 is 0 Å². The minimum absolute atomic E-state index is 0.320. The number of rotatable bonds is 4. The summed E-state index contributed by atoms with van der Waals surface area (Å²) in [6.07, 6.45) is 5.33. The molecule has 3 heterocycles. The molecule has 1 aliphatic heterocycles. The second kappa shape index (κ2) is 5.80. The summed E-state index contributed by atoms with van der Waals surface area (Å²) >= 11 is 0. The van der Waals surface area contributed by atoms with Crippen molar-refractivity contribution < 1.29 is 9.59 Å². The molecule has 0 radical (unpaired) electrons. The van der Waals surface area contributed by atoms with Crippen LogP contribution in [0.4, 0.5) is 0 Å². The molecule has 1 fully saturated rings. The van der Waals surface area contributed by atoms with Crippen LogP contribution in [-0.4, -0.2) is 41.4 Å². The predicted molar refractivity (Wildman–Crippen MR) is 94.3 cm³/mol. The number of carbonyl (C=O) groups is 2. The van der Waals surface area contributed by atoms with Crippen LogP contribution >= 0.6 is 0 Å². The average Bonchev–Trinajstić information content (AvgIpc) is 3.41. The van der Waals surface area contributed by atoms with Gasteiger partial charge in [-0.05, 0) is 38.0 Å². The second-order valence-electron chi connectivity index (χ2n) is 6.76. The molecule has 8 nitrogen and oxygen atoms in total. The van der Waals surface area contributed by atoms with Crippen molar-refractivity contribution in [1.29, 1.82) is 0 Å². The number of nitrogens with zero attached hydrogens (tertiary/aromatic N) is 6. The Balaban J connectivity index is 1.59. The summed E-state index contributed by atoms with van der Waals surface area (Å²) in [6, 6.07) is 7.97. The molecule has 1 atom stereocenters. The average molecular weight is 360 g/mol. The van der Waals surface area contributed by atoms with Crippen LogP contribution in [0.3, 0.4) is 0 Å². The molecule has 2 amide bonds. The van der Waals surface area contributed by atoms with Gasteiger partial charge in [-0.3, -0.25) is 14.5 Å². The molecule has 0 spiro atoms. The smallest absolute Gasteiger partial charge is 0.262 e. The normalized spacial score (nSPS) is 17.3. The molecule has 1 unspecified atom stereocenters. The van der Waals surface area contributed by atoms with Gasteiger partial charge < -0.3 is 0 Å². The van der Waals surface area contributed by atoms with Gasteiger partial charge in [0.2, 0.25) is 0 Å². The highest BCUT2D eigenvalue weighted by atomic mass is 16.2. The van der Waals surface area contributed by atoms with Crippen LogP contribution in [0.15, 0.2) is 42.7 Å². The van der Waals surface area contributed by atoms with Crippen LogP contribution in [0.5, 0.6) is 0 Å². The molecule has 1 aliphatic carbocycles. The highest BCUT2D eigenvalue weighted by Gasteiger charge is 2.41. The number of aromatic nitrogens is 5. The number of imide groups is 1. The Kier molecular flexibility index (Phi) is 3.40. The van der Waals surface area contributed by atoms with Gasteiger partial charge in [-0.15, -0.1) is 5.10 Å². The fraction of sp³-hybridized carbons (Fsp3) is 0.263. The molecule has 27 heavy (non-hydrogen) atoms. The summed E-state index contributed by atoms with van der Waals surface area (Å²) in [5, 5.41) is 4.57. The number of carbonyl (C=O) groups excluding carboxylic acids is 2. The van der Waals surface area contributed by atoms with Crippen molar-refractivity contribution in [2.75, 3.05) is 0 Å². The van der Waals surface area contributed by atoms with Crippen molar-refractivity contribution in [1.82, 2.24) is 29.6 Å². The van der Waals surface area contributed by atoms with Crippen LogP contribution in [0.25, 0.3) is 5.95 Å². The maximum Gasteiger partial charge on any atom is 0.262 e. The number of hydrogen-bond acceptors (Lipinski definition) is 6. The Hall–Kier alpha value is -3.42. The van der Waals surface area contributed by atoms with Gasteiger partial charge in [-0.2, -0.15) is 4.68 Å². The van der Waals surface area contributed by atoms with Gasteiger partial charge in [0.1, 0.15) is 0 Å². The van der Waals surface area contributed by atoms with Crippen molar-refractivity contribution in [3.63, 3.8) is 0 Å². The fourth-order valence-corrected chi connectivity index (χ4v) is 3.35. The molecule has 8 heteroatoms. The number of fused-ring (bicyclic) bond motifs is 1. The zero-order valence-electron chi connectivity index (χ0n) is 14.6. The monoisotopic (exact) mass is 360 g/mol. The lowest BCUT2D eigenvalue weighted by atomic mass is 10.1. The van der Waals surface area contributed by atoms with Crippen molar-refractivity contribution in [2.24, 2.45) is 0 Å². The van der Waals surface area contributed by atoms with Gasteiger partial charge in [0, 0.05) is 18.3 Å². The summed E-state index contributed by atoms with van der Waals surface area (Å²) in [7, 11) is 0. The molecule has 3 aromatic rings. The van der Waals surface area contributed by atoms with Crippen molar-refractivity contribution >= 4 is 11.8 Å². The van der Waals surface area contributed by atoms with Gasteiger partial charge in [0.05, 0.1) is 17.2 Å². The zero-order valence-corrected chi connectivity index (χ0v) is 14.6. The molecule has 0 bridgehead atoms. The summed E-state index contributed by atoms with van der Waals surface area (Å²) < 4.78 is 1.54. The topological polar surface area (TPSA) is 93.9 Å². The van der Waals surface area contributed by atoms with E-state index in [1.165, 1.54) is 4.90 Å². The summed E-state index contributed by atoms with van der Waals surface area (Å²) in [4.78, 5) is 40.1. The first-order valence-electron chi connectivity index (χ1n) is 8.86. The standard InChI is InChI=1S/C19H16N6O2/c1-11(24-17(26)13-5-2-3-6-14(13)18(24)27)16-22-15(12-7-8-12)23-25(16)19-20-9-4-10-21-19/h2-6,9-12H,7-8H2,1H3. The maximum absolute atomic E-state index is 12.8. The minimum atomic E-state index is -0.596. The number of amides is 2. The Bertz CT molecular complexity index is 1020. The zero-order chi connectivity index (χ0) is 18.5. The molecule has 2 aliphatic rings. The molecule has 1 saturated carbocycles. The predicted octanol–water partition coefficient (Wildman–Crippen LogP) is 2.29. The third-order valence-electron chi connectivity index (χ3n) is 4.92. The molecule has 1 aromatic carbocycles. The molecule has 5 rings (SSSR count). The van der Waals surface area contributed by atoms with E-state index in [1.807, 2.05) is 0 Å². The molecule has 0 saturated heterocycles. The van der Waals surface area contributed by atoms with Crippen molar-refractivity contribution in [2.45, 2.75) is 31.7 Å². The highest BCUT2D eigenvalue weighted by Crippen LogP contribution is 2.39. The van der Waals surface area contributed by atoms with E-state index in [0.717, 1.165) is 12.8 Å². The lowest BCUT2D eigenvalue weighted by Crippen LogP contribution is -2.34. The minimum Gasteiger partial charge on any atom is -0.269 e. The molecular weight excluding hydrogens is 344 g/mol. The van der Waals surface area contributed by atoms with Crippen molar-refractivity contribution in [3.8, 4) is 5.95 Å². The highest BCUT2D eigenvalue weighted by molar-refractivity contribution is 6.21. The molecular formula is C19H16N6O2. The molecule has 0 N–H and O–H groups in total. The third kappa shape index (κ3) is 2.44. The van der Waals surface area contributed by atoms with Crippen LogP contribution in [0, 0.1) is 0 Å². The van der Waals surface area contributed by atoms with E-state index in [9.17, 15) is 9.59 Å². The van der Waals surface area contributed by atoms with Gasteiger partial charge in [-0.25, -0.2) is 15.0 Å². The first-order valence-corrected chi connectivity index (χ1v) is 8.86. The van der Waals surface area contributed by atoms with E-state index in [4.69, 9.17) is 0 Å². The first kappa shape index (κ1) is 15.8. The summed E-state index contributed by atoms with van der Waals surface area (Å²) in [6.45, 7) is 1.78. The maximum atomic E-state index is 12.8. The second-order valence-corrected chi connectivity index (χ2v) is 6.76. The molecule has 2 aromatic heterocycles. The van der Waals surface area contributed by atoms with Crippen LogP contribution in [0.2, 0.25) is 0 Å². The van der Waals surface area contributed by atoms with E-state index >= 15 is 0 Å². The first-order chi connectivity index (χ1) is 13.1.